The van der Waals surface area contributed by atoms with Crippen molar-refractivity contribution < 1.29 is 19.1 Å². The lowest BCUT2D eigenvalue weighted by Gasteiger charge is -2.26. The van der Waals surface area contributed by atoms with Crippen molar-refractivity contribution in [3.8, 4) is 0 Å². The maximum absolute atomic E-state index is 12.1. The monoisotopic (exact) mass is 285 g/mol. The first-order chi connectivity index (χ1) is 8.83. The van der Waals surface area contributed by atoms with Crippen LogP contribution in [0.2, 0.25) is 0 Å². The Kier molecular flexibility index (Phi) is 6.38. The summed E-state index contributed by atoms with van der Waals surface area (Å²) in [5, 5.41) is 2.67. The van der Waals surface area contributed by atoms with Crippen molar-refractivity contribution in [2.75, 3.05) is 0 Å². The molecule has 0 aromatic carbocycles. The maximum Gasteiger partial charge on any atom is 0.329 e. The molecule has 0 aliphatic carbocycles. The van der Waals surface area contributed by atoms with E-state index in [0.29, 0.717) is 0 Å². The number of ether oxygens (including phenoxy) is 1. The Bertz CT molecular complexity index is 374. The molecule has 20 heavy (non-hydrogen) atoms. The largest absolute Gasteiger partial charge is 0.458 e. The minimum Gasteiger partial charge on any atom is -0.458 e. The standard InChI is InChI=1S/C15H27NO4/c1-10(17)8-9-11(12(18)20-15(5,6)7)16-13(19)14(2,3)4/h11H,8-9H2,1-7H3,(H,16,19). The van der Waals surface area contributed by atoms with Crippen molar-refractivity contribution >= 4 is 17.7 Å². The van der Waals surface area contributed by atoms with Crippen LogP contribution in [0.15, 0.2) is 0 Å². The van der Waals surface area contributed by atoms with E-state index in [9.17, 15) is 14.4 Å². The van der Waals surface area contributed by atoms with Crippen LogP contribution in [0.5, 0.6) is 0 Å². The predicted octanol–water partition coefficient (Wildman–Crippen LogP) is 2.23. The summed E-state index contributed by atoms with van der Waals surface area (Å²) in [6.07, 6.45) is 0.487. The molecule has 0 aromatic heterocycles. The van der Waals surface area contributed by atoms with Gasteiger partial charge in [-0.3, -0.25) is 4.79 Å². The first-order valence-electron chi connectivity index (χ1n) is 6.86. The fraction of sp³-hybridized carbons (Fsp3) is 0.800. The fourth-order valence-corrected chi connectivity index (χ4v) is 1.34. The third-order valence-corrected chi connectivity index (χ3v) is 2.46. The number of amides is 1. The van der Waals surface area contributed by atoms with Crippen LogP contribution < -0.4 is 5.32 Å². The van der Waals surface area contributed by atoms with E-state index in [4.69, 9.17) is 4.74 Å². The molecule has 0 aliphatic heterocycles. The Morgan fingerprint density at radius 2 is 1.55 bits per heavy atom. The van der Waals surface area contributed by atoms with Crippen LogP contribution in [0, 0.1) is 5.41 Å². The van der Waals surface area contributed by atoms with E-state index in [1.165, 1.54) is 6.92 Å². The van der Waals surface area contributed by atoms with E-state index >= 15 is 0 Å². The first kappa shape index (κ1) is 18.6. The molecule has 0 aliphatic rings. The van der Waals surface area contributed by atoms with Crippen LogP contribution in [-0.4, -0.2) is 29.3 Å². The zero-order chi connectivity index (χ0) is 16.1. The third kappa shape index (κ3) is 7.92. The number of hydrogen-bond acceptors (Lipinski definition) is 4. The Hall–Kier alpha value is -1.39. The topological polar surface area (TPSA) is 72.5 Å². The molecular weight excluding hydrogens is 258 g/mol. The van der Waals surface area contributed by atoms with Gasteiger partial charge in [0.05, 0.1) is 0 Å². The second kappa shape index (κ2) is 6.86. The molecule has 0 aromatic rings. The molecule has 5 nitrogen and oxygen atoms in total. The van der Waals surface area contributed by atoms with Crippen molar-refractivity contribution in [3.05, 3.63) is 0 Å². The Balaban J connectivity index is 4.85. The van der Waals surface area contributed by atoms with Gasteiger partial charge in [0.25, 0.3) is 0 Å². The van der Waals surface area contributed by atoms with Crippen LogP contribution in [-0.2, 0) is 19.1 Å². The van der Waals surface area contributed by atoms with Crippen LogP contribution in [0.1, 0.15) is 61.3 Å². The summed E-state index contributed by atoms with van der Waals surface area (Å²) in [7, 11) is 0. The number of carbonyl (C=O) groups excluding carboxylic acids is 3. The molecular formula is C15H27NO4. The molecule has 0 rings (SSSR count). The van der Waals surface area contributed by atoms with Crippen LogP contribution in [0.25, 0.3) is 0 Å². The molecule has 0 bridgehead atoms. The molecule has 0 spiro atoms. The molecule has 1 unspecified atom stereocenters. The smallest absolute Gasteiger partial charge is 0.329 e. The number of rotatable bonds is 5. The molecule has 0 saturated heterocycles. The lowest BCUT2D eigenvalue weighted by Crippen LogP contribution is -2.48. The quantitative estimate of drug-likeness (QED) is 0.786. The van der Waals surface area contributed by atoms with Gasteiger partial charge in [0.15, 0.2) is 0 Å². The van der Waals surface area contributed by atoms with Gasteiger partial charge in [-0.25, -0.2) is 4.79 Å². The molecule has 0 fully saturated rings. The fourth-order valence-electron chi connectivity index (χ4n) is 1.34. The molecule has 116 valence electrons. The van der Waals surface area contributed by atoms with Crippen molar-refractivity contribution in [3.63, 3.8) is 0 Å². The normalized spacial score (nSPS) is 13.6. The van der Waals surface area contributed by atoms with Gasteiger partial charge < -0.3 is 14.8 Å². The Labute approximate surface area is 121 Å². The van der Waals surface area contributed by atoms with E-state index in [1.807, 2.05) is 0 Å². The molecule has 0 radical (unpaired) electrons. The molecule has 1 amide bonds. The molecule has 1 N–H and O–H groups in total. The summed E-state index contributed by atoms with van der Waals surface area (Å²) in [4.78, 5) is 35.1. The van der Waals surface area contributed by atoms with E-state index in [-0.39, 0.29) is 24.5 Å². The van der Waals surface area contributed by atoms with Gasteiger partial charge in [0.2, 0.25) is 5.91 Å². The summed E-state index contributed by atoms with van der Waals surface area (Å²) >= 11 is 0. The zero-order valence-corrected chi connectivity index (χ0v) is 13.6. The average molecular weight is 285 g/mol. The average Bonchev–Trinajstić information content (AvgIpc) is 2.19. The second-order valence-electron chi connectivity index (χ2n) is 7.05. The molecule has 0 saturated carbocycles. The second-order valence-corrected chi connectivity index (χ2v) is 7.05. The Morgan fingerprint density at radius 3 is 1.90 bits per heavy atom. The molecule has 1 atom stereocenters. The van der Waals surface area contributed by atoms with E-state index in [1.54, 1.807) is 41.5 Å². The van der Waals surface area contributed by atoms with E-state index < -0.39 is 23.0 Å². The highest BCUT2D eigenvalue weighted by Gasteiger charge is 2.30. The Morgan fingerprint density at radius 1 is 1.05 bits per heavy atom. The summed E-state index contributed by atoms with van der Waals surface area (Å²) < 4.78 is 5.28. The summed E-state index contributed by atoms with van der Waals surface area (Å²) in [6, 6.07) is -0.787. The van der Waals surface area contributed by atoms with Gasteiger partial charge in [0.1, 0.15) is 17.4 Å². The summed E-state index contributed by atoms with van der Waals surface area (Å²) in [5.41, 5.74) is -1.23. The van der Waals surface area contributed by atoms with Gasteiger partial charge in [0, 0.05) is 11.8 Å². The highest BCUT2D eigenvalue weighted by molar-refractivity contribution is 5.88. The van der Waals surface area contributed by atoms with Gasteiger partial charge in [-0.1, -0.05) is 20.8 Å². The van der Waals surface area contributed by atoms with E-state index in [0.717, 1.165) is 0 Å². The van der Waals surface area contributed by atoms with Crippen molar-refractivity contribution in [2.24, 2.45) is 5.41 Å². The SMILES string of the molecule is CC(=O)CCC(NC(=O)C(C)(C)C)C(=O)OC(C)(C)C. The number of esters is 1. The lowest BCUT2D eigenvalue weighted by atomic mass is 9.94. The number of nitrogens with one attached hydrogen (secondary N) is 1. The third-order valence-electron chi connectivity index (χ3n) is 2.46. The highest BCUT2D eigenvalue weighted by Crippen LogP contribution is 2.16. The summed E-state index contributed by atoms with van der Waals surface area (Å²) in [5.74, 6) is -0.767. The van der Waals surface area contributed by atoms with Crippen molar-refractivity contribution in [1.82, 2.24) is 5.32 Å². The number of hydrogen-bond donors (Lipinski definition) is 1. The summed E-state index contributed by atoms with van der Waals surface area (Å²) in [6.45, 7) is 12.0. The van der Waals surface area contributed by atoms with Crippen molar-refractivity contribution in [2.45, 2.75) is 73.0 Å². The highest BCUT2D eigenvalue weighted by atomic mass is 16.6. The first-order valence-corrected chi connectivity index (χ1v) is 6.86. The minimum atomic E-state index is -0.787. The maximum atomic E-state index is 12.1. The van der Waals surface area contributed by atoms with Gasteiger partial charge in [-0.05, 0) is 34.1 Å². The zero-order valence-electron chi connectivity index (χ0n) is 13.6. The van der Waals surface area contributed by atoms with Crippen LogP contribution in [0.4, 0.5) is 0 Å². The minimum absolute atomic E-state index is 0.0245. The molecule has 5 heteroatoms. The predicted molar refractivity (Wildman–Crippen MR) is 77.1 cm³/mol. The van der Waals surface area contributed by atoms with Gasteiger partial charge in [-0.15, -0.1) is 0 Å². The van der Waals surface area contributed by atoms with Crippen LogP contribution in [0.3, 0.4) is 0 Å². The lowest BCUT2D eigenvalue weighted by molar-refractivity contribution is -0.159. The number of ketones is 1. The van der Waals surface area contributed by atoms with Crippen molar-refractivity contribution in [1.29, 1.82) is 0 Å². The van der Waals surface area contributed by atoms with E-state index in [2.05, 4.69) is 5.32 Å². The number of carbonyl (C=O) groups is 3. The van der Waals surface area contributed by atoms with Crippen LogP contribution >= 0.6 is 0 Å². The van der Waals surface area contributed by atoms with Gasteiger partial charge >= 0.3 is 5.97 Å². The molecule has 0 heterocycles. The van der Waals surface area contributed by atoms with Gasteiger partial charge in [-0.2, -0.15) is 0 Å². The number of Topliss-reactive ketones (excluding diaryl/α,β-unsaturated/α-hetero) is 1.